The van der Waals surface area contributed by atoms with Gasteiger partial charge < -0.3 is 15.6 Å². The number of hydrogen-bond acceptors (Lipinski definition) is 4. The van der Waals surface area contributed by atoms with E-state index in [1.807, 2.05) is 25.1 Å². The van der Waals surface area contributed by atoms with Crippen molar-refractivity contribution in [1.82, 2.24) is 5.16 Å². The lowest BCUT2D eigenvalue weighted by atomic mass is 10.1. The monoisotopic (exact) mass is 281 g/mol. The normalized spacial score (nSPS) is 10.3. The Bertz CT molecular complexity index is 582. The molecule has 1 heterocycles. The average Bonchev–Trinajstić information content (AvgIpc) is 2.72. The molecule has 0 bridgehead atoms. The molecule has 0 aliphatic heterocycles. The third kappa shape index (κ3) is 2.80. The molecule has 2 aromatic rings. The van der Waals surface area contributed by atoms with E-state index in [1.165, 1.54) is 0 Å². The molecule has 0 saturated heterocycles. The van der Waals surface area contributed by atoms with Gasteiger partial charge in [0.25, 0.3) is 0 Å². The average molecular weight is 282 g/mol. The predicted octanol–water partition coefficient (Wildman–Crippen LogP) is 2.88. The fraction of sp³-hybridized carbons (Fsp3) is 0.167. The number of aromatic nitrogens is 1. The lowest BCUT2D eigenvalue weighted by molar-refractivity contribution is 0.384. The van der Waals surface area contributed by atoms with Gasteiger partial charge in [-0.15, -0.1) is 0 Å². The quantitative estimate of drug-likeness (QED) is 0.844. The minimum Gasteiger partial charge on any atom is -0.389 e. The SMILES string of the molecule is Cc1cc(CNc2cccc(Cl)c2C(N)=S)on1. The number of anilines is 1. The van der Waals surface area contributed by atoms with Crippen LogP contribution in [0.3, 0.4) is 0 Å². The zero-order chi connectivity index (χ0) is 13.1. The second kappa shape index (κ2) is 5.37. The molecule has 0 fully saturated rings. The van der Waals surface area contributed by atoms with E-state index in [4.69, 9.17) is 34.1 Å². The molecular weight excluding hydrogens is 270 g/mol. The number of aryl methyl sites for hydroxylation is 1. The molecule has 3 N–H and O–H groups in total. The molecule has 1 aromatic heterocycles. The van der Waals surface area contributed by atoms with Gasteiger partial charge in [-0.1, -0.05) is 35.0 Å². The summed E-state index contributed by atoms with van der Waals surface area (Å²) in [7, 11) is 0. The summed E-state index contributed by atoms with van der Waals surface area (Å²) in [6.45, 7) is 2.36. The number of nitrogens with zero attached hydrogens (tertiary/aromatic N) is 1. The van der Waals surface area contributed by atoms with Crippen LogP contribution in [0.15, 0.2) is 28.8 Å². The maximum atomic E-state index is 6.07. The van der Waals surface area contributed by atoms with Crippen LogP contribution >= 0.6 is 23.8 Å². The van der Waals surface area contributed by atoms with E-state index in [9.17, 15) is 0 Å². The molecule has 4 nitrogen and oxygen atoms in total. The lowest BCUT2D eigenvalue weighted by Gasteiger charge is -2.11. The minimum atomic E-state index is 0.261. The molecule has 0 aliphatic carbocycles. The van der Waals surface area contributed by atoms with Crippen molar-refractivity contribution in [1.29, 1.82) is 0 Å². The predicted molar refractivity (Wildman–Crippen MR) is 75.9 cm³/mol. The van der Waals surface area contributed by atoms with E-state index in [0.29, 0.717) is 17.1 Å². The molecule has 0 aliphatic rings. The number of benzene rings is 1. The van der Waals surface area contributed by atoms with Crippen molar-refractivity contribution in [2.45, 2.75) is 13.5 Å². The van der Waals surface area contributed by atoms with Gasteiger partial charge >= 0.3 is 0 Å². The Morgan fingerprint density at radius 1 is 1.56 bits per heavy atom. The summed E-state index contributed by atoms with van der Waals surface area (Å²) >= 11 is 11.1. The van der Waals surface area contributed by atoms with Gasteiger partial charge in [0.15, 0.2) is 5.76 Å². The van der Waals surface area contributed by atoms with Crippen LogP contribution in [0.1, 0.15) is 17.0 Å². The number of rotatable bonds is 4. The number of halogens is 1. The van der Waals surface area contributed by atoms with E-state index in [1.54, 1.807) is 6.07 Å². The maximum Gasteiger partial charge on any atom is 0.156 e. The molecule has 18 heavy (non-hydrogen) atoms. The van der Waals surface area contributed by atoms with Gasteiger partial charge in [-0.3, -0.25) is 0 Å². The summed E-state index contributed by atoms with van der Waals surface area (Å²) in [6.07, 6.45) is 0. The summed E-state index contributed by atoms with van der Waals surface area (Å²) in [4.78, 5) is 0.261. The van der Waals surface area contributed by atoms with Crippen LogP contribution in [0.5, 0.6) is 0 Å². The molecule has 2 rings (SSSR count). The second-order valence-corrected chi connectivity index (χ2v) is 4.66. The van der Waals surface area contributed by atoms with Crippen molar-refractivity contribution in [3.8, 4) is 0 Å². The number of thiocarbonyl (C=S) groups is 1. The summed E-state index contributed by atoms with van der Waals surface area (Å²) in [5.41, 5.74) is 7.93. The standard InChI is InChI=1S/C12H12ClN3OS/c1-7-5-8(17-16-7)6-15-10-4-2-3-9(13)11(10)12(14)18/h2-5,15H,6H2,1H3,(H2,14,18). The van der Waals surface area contributed by atoms with E-state index < -0.39 is 0 Å². The van der Waals surface area contributed by atoms with Crippen molar-refractivity contribution >= 4 is 34.5 Å². The fourth-order valence-corrected chi connectivity index (χ4v) is 2.16. The number of hydrogen-bond donors (Lipinski definition) is 2. The van der Waals surface area contributed by atoms with Crippen LogP contribution in [-0.2, 0) is 6.54 Å². The van der Waals surface area contributed by atoms with Crippen LogP contribution < -0.4 is 11.1 Å². The van der Waals surface area contributed by atoms with E-state index in [0.717, 1.165) is 17.1 Å². The minimum absolute atomic E-state index is 0.261. The smallest absolute Gasteiger partial charge is 0.156 e. The summed E-state index contributed by atoms with van der Waals surface area (Å²) in [5, 5.41) is 7.52. The van der Waals surface area contributed by atoms with E-state index >= 15 is 0 Å². The molecule has 6 heteroatoms. The highest BCUT2D eigenvalue weighted by atomic mass is 35.5. The fourth-order valence-electron chi connectivity index (χ4n) is 1.60. The first kappa shape index (κ1) is 12.9. The van der Waals surface area contributed by atoms with Gasteiger partial charge in [0, 0.05) is 11.8 Å². The van der Waals surface area contributed by atoms with E-state index in [2.05, 4.69) is 10.5 Å². The highest BCUT2D eigenvalue weighted by Crippen LogP contribution is 2.24. The van der Waals surface area contributed by atoms with Crippen LogP contribution in [0.25, 0.3) is 0 Å². The van der Waals surface area contributed by atoms with Crippen molar-refractivity contribution in [2.75, 3.05) is 5.32 Å². The second-order valence-electron chi connectivity index (χ2n) is 3.81. The topological polar surface area (TPSA) is 64.1 Å². The van der Waals surface area contributed by atoms with Gasteiger partial charge in [0.1, 0.15) is 4.99 Å². The van der Waals surface area contributed by atoms with Gasteiger partial charge in [-0.25, -0.2) is 0 Å². The van der Waals surface area contributed by atoms with Gasteiger partial charge in [-0.2, -0.15) is 0 Å². The Kier molecular flexibility index (Phi) is 3.84. The van der Waals surface area contributed by atoms with Gasteiger partial charge in [0.2, 0.25) is 0 Å². The van der Waals surface area contributed by atoms with Crippen LogP contribution in [0.4, 0.5) is 5.69 Å². The third-order valence-corrected chi connectivity index (χ3v) is 2.91. The molecule has 1 aromatic carbocycles. The lowest BCUT2D eigenvalue weighted by Crippen LogP contribution is -2.13. The molecule has 0 spiro atoms. The molecule has 0 saturated carbocycles. The molecule has 0 amide bonds. The largest absolute Gasteiger partial charge is 0.389 e. The highest BCUT2D eigenvalue weighted by Gasteiger charge is 2.10. The summed E-state index contributed by atoms with van der Waals surface area (Å²) < 4.78 is 5.11. The Labute approximate surface area is 115 Å². The Morgan fingerprint density at radius 3 is 2.94 bits per heavy atom. The van der Waals surface area contributed by atoms with Crippen LogP contribution in [0, 0.1) is 6.92 Å². The first-order valence-electron chi connectivity index (χ1n) is 5.32. The first-order valence-corrected chi connectivity index (χ1v) is 6.11. The van der Waals surface area contributed by atoms with E-state index in [-0.39, 0.29) is 4.99 Å². The zero-order valence-corrected chi connectivity index (χ0v) is 11.3. The molecule has 0 atom stereocenters. The van der Waals surface area contributed by atoms with Gasteiger partial charge in [0.05, 0.1) is 22.8 Å². The molecule has 0 unspecified atom stereocenters. The van der Waals surface area contributed by atoms with Crippen LogP contribution in [0.2, 0.25) is 5.02 Å². The van der Waals surface area contributed by atoms with Gasteiger partial charge in [-0.05, 0) is 19.1 Å². The highest BCUT2D eigenvalue weighted by molar-refractivity contribution is 7.80. The third-order valence-electron chi connectivity index (χ3n) is 2.39. The molecular formula is C12H12ClN3OS. The summed E-state index contributed by atoms with van der Waals surface area (Å²) in [5.74, 6) is 0.737. The number of nitrogens with one attached hydrogen (secondary N) is 1. The Morgan fingerprint density at radius 2 is 2.33 bits per heavy atom. The Balaban J connectivity index is 2.19. The summed E-state index contributed by atoms with van der Waals surface area (Å²) in [6, 6.07) is 7.31. The molecule has 0 radical (unpaired) electrons. The van der Waals surface area contributed by atoms with Crippen molar-refractivity contribution in [3.63, 3.8) is 0 Å². The number of nitrogens with two attached hydrogens (primary N) is 1. The van der Waals surface area contributed by atoms with Crippen molar-refractivity contribution in [3.05, 3.63) is 46.3 Å². The van der Waals surface area contributed by atoms with Crippen molar-refractivity contribution < 1.29 is 4.52 Å². The zero-order valence-electron chi connectivity index (χ0n) is 9.74. The molecule has 94 valence electrons. The van der Waals surface area contributed by atoms with Crippen molar-refractivity contribution in [2.24, 2.45) is 5.73 Å². The first-order chi connectivity index (χ1) is 8.58. The van der Waals surface area contributed by atoms with Crippen LogP contribution in [-0.4, -0.2) is 10.1 Å². The maximum absolute atomic E-state index is 6.07. The Hall–Kier alpha value is -1.59.